The standard InChI is InChI=1S/C16H21ClN6O.HI/c1-24-13-7-6-11(9-12(13)17)20-16(18)19-10-15-22-21-14-5-3-2-4-8-23(14)15;/h6-7,9H,2-5,8,10H2,1H3,(H3,18,19,20);1H. The van der Waals surface area contributed by atoms with Crippen molar-refractivity contribution in [1.82, 2.24) is 14.8 Å². The van der Waals surface area contributed by atoms with Crippen LogP contribution in [0.2, 0.25) is 5.02 Å². The predicted octanol–water partition coefficient (Wildman–Crippen LogP) is 3.21. The van der Waals surface area contributed by atoms with Crippen molar-refractivity contribution in [2.45, 2.75) is 38.8 Å². The van der Waals surface area contributed by atoms with Crippen molar-refractivity contribution in [3.05, 3.63) is 34.9 Å². The van der Waals surface area contributed by atoms with Gasteiger partial charge in [-0.15, -0.1) is 34.2 Å². The maximum Gasteiger partial charge on any atom is 0.193 e. The van der Waals surface area contributed by atoms with Gasteiger partial charge in [0.2, 0.25) is 0 Å². The number of hydrogen-bond donors (Lipinski definition) is 2. The molecule has 1 aromatic heterocycles. The molecule has 0 fully saturated rings. The quantitative estimate of drug-likeness (QED) is 0.402. The van der Waals surface area contributed by atoms with Gasteiger partial charge in [-0.3, -0.25) is 0 Å². The lowest BCUT2D eigenvalue weighted by atomic mass is 10.2. The third-order valence-electron chi connectivity index (χ3n) is 4.00. The Bertz CT molecular complexity index is 748. The minimum Gasteiger partial charge on any atom is -0.495 e. The van der Waals surface area contributed by atoms with Gasteiger partial charge in [0.15, 0.2) is 11.8 Å². The molecular formula is C16H22ClIN6O. The SMILES string of the molecule is COc1ccc(NC(N)=NCc2nnc3n2CCCCC3)cc1Cl.I. The van der Waals surface area contributed by atoms with Crippen molar-refractivity contribution in [1.29, 1.82) is 0 Å². The molecule has 9 heteroatoms. The normalized spacial score (nSPS) is 14.2. The van der Waals surface area contributed by atoms with Crippen molar-refractivity contribution in [3.63, 3.8) is 0 Å². The molecule has 7 nitrogen and oxygen atoms in total. The van der Waals surface area contributed by atoms with E-state index in [2.05, 4.69) is 25.1 Å². The van der Waals surface area contributed by atoms with E-state index in [1.807, 2.05) is 6.07 Å². The summed E-state index contributed by atoms with van der Waals surface area (Å²) in [6, 6.07) is 5.35. The van der Waals surface area contributed by atoms with Crippen molar-refractivity contribution < 1.29 is 4.74 Å². The fraction of sp³-hybridized carbons (Fsp3) is 0.438. The molecule has 0 bridgehead atoms. The van der Waals surface area contributed by atoms with Crippen LogP contribution in [0, 0.1) is 0 Å². The number of benzene rings is 1. The second-order valence-electron chi connectivity index (χ2n) is 5.67. The molecule has 2 heterocycles. The van der Waals surface area contributed by atoms with Gasteiger partial charge in [-0.1, -0.05) is 18.0 Å². The highest BCUT2D eigenvalue weighted by Gasteiger charge is 2.14. The monoisotopic (exact) mass is 476 g/mol. The Morgan fingerprint density at radius 3 is 2.96 bits per heavy atom. The summed E-state index contributed by atoms with van der Waals surface area (Å²) in [5, 5.41) is 12.0. The molecule has 0 saturated carbocycles. The zero-order valence-electron chi connectivity index (χ0n) is 14.0. The third kappa shape index (κ3) is 4.97. The number of rotatable bonds is 4. The maximum atomic E-state index is 6.10. The number of nitrogens with zero attached hydrogens (tertiary/aromatic N) is 4. The van der Waals surface area contributed by atoms with Gasteiger partial charge in [-0.05, 0) is 31.0 Å². The van der Waals surface area contributed by atoms with E-state index in [4.69, 9.17) is 22.1 Å². The number of methoxy groups -OCH3 is 1. The molecular weight excluding hydrogens is 455 g/mol. The molecule has 0 aliphatic carbocycles. The number of aromatic nitrogens is 3. The Morgan fingerprint density at radius 2 is 2.20 bits per heavy atom. The number of halogens is 2. The zero-order valence-corrected chi connectivity index (χ0v) is 17.1. The van der Waals surface area contributed by atoms with Crippen LogP contribution in [-0.4, -0.2) is 27.8 Å². The van der Waals surface area contributed by atoms with Gasteiger partial charge in [0.05, 0.1) is 12.1 Å². The minimum atomic E-state index is 0. The van der Waals surface area contributed by atoms with Gasteiger partial charge >= 0.3 is 0 Å². The molecule has 1 aliphatic rings. The summed E-state index contributed by atoms with van der Waals surface area (Å²) in [6.07, 6.45) is 4.53. The molecule has 2 aromatic rings. The van der Waals surface area contributed by atoms with Crippen LogP contribution in [0.3, 0.4) is 0 Å². The van der Waals surface area contributed by atoms with Crippen molar-refractivity contribution in [3.8, 4) is 5.75 Å². The Balaban J connectivity index is 0.00000225. The van der Waals surface area contributed by atoms with Crippen molar-refractivity contribution in [2.75, 3.05) is 12.4 Å². The van der Waals surface area contributed by atoms with E-state index >= 15 is 0 Å². The van der Waals surface area contributed by atoms with Gasteiger partial charge in [0.25, 0.3) is 0 Å². The molecule has 0 atom stereocenters. The summed E-state index contributed by atoms with van der Waals surface area (Å²) in [7, 11) is 1.58. The molecule has 0 amide bonds. The molecule has 0 spiro atoms. The summed E-state index contributed by atoms with van der Waals surface area (Å²) >= 11 is 6.10. The van der Waals surface area contributed by atoms with Gasteiger partial charge < -0.3 is 20.4 Å². The van der Waals surface area contributed by atoms with Gasteiger partial charge in [-0.2, -0.15) is 0 Å². The molecule has 25 heavy (non-hydrogen) atoms. The summed E-state index contributed by atoms with van der Waals surface area (Å²) in [4.78, 5) is 4.36. The number of nitrogens with two attached hydrogens (primary N) is 1. The molecule has 0 radical (unpaired) electrons. The number of nitrogens with one attached hydrogen (secondary N) is 1. The van der Waals surface area contributed by atoms with Gasteiger partial charge in [0.1, 0.15) is 18.1 Å². The van der Waals surface area contributed by atoms with Crippen molar-refractivity contribution >= 4 is 47.2 Å². The molecule has 3 rings (SSSR count). The first-order valence-electron chi connectivity index (χ1n) is 7.99. The average molecular weight is 477 g/mol. The molecule has 136 valence electrons. The average Bonchev–Trinajstić information content (AvgIpc) is 2.80. The van der Waals surface area contributed by atoms with Crippen LogP contribution in [0.25, 0.3) is 0 Å². The molecule has 3 N–H and O–H groups in total. The summed E-state index contributed by atoms with van der Waals surface area (Å²) in [5.41, 5.74) is 6.71. The number of aryl methyl sites for hydroxylation is 1. The highest BCUT2D eigenvalue weighted by Crippen LogP contribution is 2.27. The Morgan fingerprint density at radius 1 is 1.36 bits per heavy atom. The van der Waals surface area contributed by atoms with E-state index in [0.717, 1.165) is 36.7 Å². The number of anilines is 1. The van der Waals surface area contributed by atoms with Crippen LogP contribution in [0.4, 0.5) is 5.69 Å². The number of guanidine groups is 1. The van der Waals surface area contributed by atoms with Crippen LogP contribution < -0.4 is 15.8 Å². The molecule has 1 aliphatic heterocycles. The largest absolute Gasteiger partial charge is 0.495 e. The van der Waals surface area contributed by atoms with Crippen LogP contribution in [0.5, 0.6) is 5.75 Å². The van der Waals surface area contributed by atoms with E-state index in [9.17, 15) is 0 Å². The maximum absolute atomic E-state index is 6.10. The highest BCUT2D eigenvalue weighted by molar-refractivity contribution is 14.0. The summed E-state index contributed by atoms with van der Waals surface area (Å²) < 4.78 is 7.29. The van der Waals surface area contributed by atoms with Crippen LogP contribution in [0.15, 0.2) is 23.2 Å². The fourth-order valence-corrected chi connectivity index (χ4v) is 3.01. The van der Waals surface area contributed by atoms with Gasteiger partial charge in [-0.25, -0.2) is 4.99 Å². The van der Waals surface area contributed by atoms with E-state index in [1.165, 1.54) is 12.8 Å². The first-order chi connectivity index (χ1) is 11.7. The summed E-state index contributed by atoms with van der Waals surface area (Å²) in [5.74, 6) is 2.82. The van der Waals surface area contributed by atoms with E-state index in [-0.39, 0.29) is 24.0 Å². The number of ether oxygens (including phenoxy) is 1. The van der Waals surface area contributed by atoms with E-state index in [0.29, 0.717) is 23.3 Å². The lowest BCUT2D eigenvalue weighted by molar-refractivity contribution is 0.415. The lowest BCUT2D eigenvalue weighted by Gasteiger charge is -2.09. The van der Waals surface area contributed by atoms with Crippen LogP contribution in [0.1, 0.15) is 30.9 Å². The van der Waals surface area contributed by atoms with Gasteiger partial charge in [0, 0.05) is 18.7 Å². The molecule has 0 saturated heterocycles. The number of fused-ring (bicyclic) bond motifs is 1. The Labute approximate surface area is 169 Å². The Hall–Kier alpha value is -1.55. The second kappa shape index (κ2) is 9.23. The zero-order chi connectivity index (χ0) is 16.9. The highest BCUT2D eigenvalue weighted by atomic mass is 127. The number of hydrogen-bond acceptors (Lipinski definition) is 4. The van der Waals surface area contributed by atoms with E-state index < -0.39 is 0 Å². The second-order valence-corrected chi connectivity index (χ2v) is 6.08. The first kappa shape index (κ1) is 19.8. The summed E-state index contributed by atoms with van der Waals surface area (Å²) in [6.45, 7) is 1.35. The smallest absolute Gasteiger partial charge is 0.193 e. The first-order valence-corrected chi connectivity index (χ1v) is 8.36. The van der Waals surface area contributed by atoms with Crippen LogP contribution in [-0.2, 0) is 19.5 Å². The topological polar surface area (TPSA) is 90.3 Å². The number of aliphatic imine (C=N–C) groups is 1. The fourth-order valence-electron chi connectivity index (χ4n) is 2.75. The Kier molecular flexibility index (Phi) is 7.30. The van der Waals surface area contributed by atoms with E-state index in [1.54, 1.807) is 19.2 Å². The van der Waals surface area contributed by atoms with Crippen molar-refractivity contribution in [2.24, 2.45) is 10.7 Å². The molecule has 0 unspecified atom stereocenters. The lowest BCUT2D eigenvalue weighted by Crippen LogP contribution is -2.23. The minimum absolute atomic E-state index is 0. The predicted molar refractivity (Wildman–Crippen MR) is 110 cm³/mol. The molecule has 1 aromatic carbocycles. The third-order valence-corrected chi connectivity index (χ3v) is 4.30. The van der Waals surface area contributed by atoms with Crippen LogP contribution >= 0.6 is 35.6 Å².